The highest BCUT2D eigenvalue weighted by Gasteiger charge is 2.18. The standard InChI is InChI=1S/C16H10BrN3O6/c17-9-1-2-11-8(3-14(21)26-13(11)4-9)6-19-7-10(20(24)25)5-12(15(18)22)16(19)23/h1-5,7H,6H2,(H2,18,22). The second-order valence-electron chi connectivity index (χ2n) is 5.40. The van der Waals surface area contributed by atoms with Gasteiger partial charge in [-0.25, -0.2) is 4.79 Å². The van der Waals surface area contributed by atoms with Gasteiger partial charge >= 0.3 is 5.63 Å². The van der Waals surface area contributed by atoms with Crippen molar-refractivity contribution >= 4 is 38.5 Å². The van der Waals surface area contributed by atoms with Gasteiger partial charge in [0.25, 0.3) is 17.2 Å². The number of rotatable bonds is 4. The van der Waals surface area contributed by atoms with E-state index in [2.05, 4.69) is 15.9 Å². The Morgan fingerprint density at radius 3 is 2.65 bits per heavy atom. The van der Waals surface area contributed by atoms with Gasteiger partial charge in [-0.2, -0.15) is 0 Å². The number of benzene rings is 1. The zero-order valence-electron chi connectivity index (χ0n) is 13.0. The highest BCUT2D eigenvalue weighted by molar-refractivity contribution is 9.10. The van der Waals surface area contributed by atoms with Gasteiger partial charge in [-0.05, 0) is 23.8 Å². The molecule has 3 aromatic rings. The summed E-state index contributed by atoms with van der Waals surface area (Å²) in [5.41, 5.74) is 3.42. The first-order valence-electron chi connectivity index (χ1n) is 7.17. The first-order valence-corrected chi connectivity index (χ1v) is 7.96. The van der Waals surface area contributed by atoms with Gasteiger partial charge in [-0.1, -0.05) is 15.9 Å². The summed E-state index contributed by atoms with van der Waals surface area (Å²) in [5.74, 6) is -1.08. The normalized spacial score (nSPS) is 10.8. The second kappa shape index (κ2) is 6.56. The van der Waals surface area contributed by atoms with Crippen molar-refractivity contribution in [2.75, 3.05) is 0 Å². The molecule has 1 aromatic carbocycles. The quantitative estimate of drug-likeness (QED) is 0.388. The van der Waals surface area contributed by atoms with E-state index in [1.165, 1.54) is 6.07 Å². The minimum Gasteiger partial charge on any atom is -0.423 e. The van der Waals surface area contributed by atoms with Crippen molar-refractivity contribution in [3.63, 3.8) is 0 Å². The molecule has 0 radical (unpaired) electrons. The van der Waals surface area contributed by atoms with Crippen molar-refractivity contribution in [1.29, 1.82) is 0 Å². The first kappa shape index (κ1) is 17.5. The molecule has 0 saturated carbocycles. The molecule has 0 unspecified atom stereocenters. The van der Waals surface area contributed by atoms with E-state index in [4.69, 9.17) is 10.2 Å². The summed E-state index contributed by atoms with van der Waals surface area (Å²) in [4.78, 5) is 45.9. The van der Waals surface area contributed by atoms with Crippen LogP contribution in [0.15, 0.2) is 55.0 Å². The molecule has 2 heterocycles. The Hall–Kier alpha value is -3.27. The fourth-order valence-corrected chi connectivity index (χ4v) is 2.87. The molecular formula is C16H10BrN3O6. The molecule has 9 nitrogen and oxygen atoms in total. The Kier molecular flexibility index (Phi) is 4.43. The van der Waals surface area contributed by atoms with Gasteiger partial charge < -0.3 is 14.7 Å². The Bertz CT molecular complexity index is 1180. The van der Waals surface area contributed by atoms with Gasteiger partial charge in [0, 0.05) is 22.0 Å². The third kappa shape index (κ3) is 3.26. The van der Waals surface area contributed by atoms with Gasteiger partial charge in [0.1, 0.15) is 11.1 Å². The van der Waals surface area contributed by atoms with Crippen LogP contribution in [0.4, 0.5) is 5.69 Å². The molecule has 0 aliphatic carbocycles. The smallest absolute Gasteiger partial charge is 0.336 e. The van der Waals surface area contributed by atoms with Crippen molar-refractivity contribution < 1.29 is 14.1 Å². The van der Waals surface area contributed by atoms with Crippen LogP contribution in [0, 0.1) is 10.1 Å². The van der Waals surface area contributed by atoms with Crippen LogP contribution in [0.3, 0.4) is 0 Å². The lowest BCUT2D eigenvalue weighted by molar-refractivity contribution is -0.385. The molecular weight excluding hydrogens is 410 g/mol. The van der Waals surface area contributed by atoms with Crippen LogP contribution < -0.4 is 16.9 Å². The van der Waals surface area contributed by atoms with E-state index in [0.717, 1.165) is 16.8 Å². The average Bonchev–Trinajstić information content (AvgIpc) is 2.55. The van der Waals surface area contributed by atoms with Gasteiger partial charge in [-0.15, -0.1) is 0 Å². The maximum atomic E-state index is 12.4. The molecule has 0 fully saturated rings. The second-order valence-corrected chi connectivity index (χ2v) is 6.31. The topological polar surface area (TPSA) is 138 Å². The number of aromatic nitrogens is 1. The number of pyridine rings is 1. The third-order valence-corrected chi connectivity index (χ3v) is 4.17. The van der Waals surface area contributed by atoms with E-state index < -0.39 is 33.3 Å². The number of fused-ring (bicyclic) bond motifs is 1. The fourth-order valence-electron chi connectivity index (χ4n) is 2.53. The molecule has 0 aliphatic heterocycles. The number of nitrogens with zero attached hydrogens (tertiary/aromatic N) is 2. The number of nitrogens with two attached hydrogens (primary N) is 1. The van der Waals surface area contributed by atoms with E-state index in [0.29, 0.717) is 15.4 Å². The number of hydrogen-bond acceptors (Lipinski definition) is 6. The molecule has 3 rings (SSSR count). The Labute approximate surface area is 152 Å². The van der Waals surface area contributed by atoms with E-state index in [1.807, 2.05) is 0 Å². The maximum absolute atomic E-state index is 12.4. The largest absolute Gasteiger partial charge is 0.423 e. The third-order valence-electron chi connectivity index (χ3n) is 3.68. The number of primary amides is 1. The monoisotopic (exact) mass is 419 g/mol. The number of halogens is 1. The molecule has 2 aromatic heterocycles. The van der Waals surface area contributed by atoms with Gasteiger partial charge in [0.2, 0.25) is 0 Å². The molecule has 2 N–H and O–H groups in total. The molecule has 132 valence electrons. The highest BCUT2D eigenvalue weighted by Crippen LogP contribution is 2.22. The number of hydrogen-bond donors (Lipinski definition) is 1. The van der Waals surface area contributed by atoms with E-state index in [9.17, 15) is 24.5 Å². The van der Waals surface area contributed by atoms with Crippen LogP contribution in [0.2, 0.25) is 0 Å². The molecule has 0 atom stereocenters. The van der Waals surface area contributed by atoms with Crippen molar-refractivity contribution in [2.45, 2.75) is 6.54 Å². The molecule has 1 amide bonds. The predicted molar refractivity (Wildman–Crippen MR) is 95.2 cm³/mol. The van der Waals surface area contributed by atoms with E-state index in [-0.39, 0.29) is 12.1 Å². The Morgan fingerprint density at radius 2 is 2.00 bits per heavy atom. The fraction of sp³-hybridized carbons (Fsp3) is 0.0625. The summed E-state index contributed by atoms with van der Waals surface area (Å²) in [7, 11) is 0. The maximum Gasteiger partial charge on any atom is 0.336 e. The lowest BCUT2D eigenvalue weighted by Gasteiger charge is -2.09. The number of amides is 1. The molecule has 10 heteroatoms. The van der Waals surface area contributed by atoms with Crippen LogP contribution in [0.25, 0.3) is 11.0 Å². The number of carbonyl (C=O) groups excluding carboxylic acids is 1. The van der Waals surface area contributed by atoms with E-state index >= 15 is 0 Å². The van der Waals surface area contributed by atoms with Crippen molar-refractivity contribution in [1.82, 2.24) is 4.57 Å². The predicted octanol–water partition coefficient (Wildman–Crippen LogP) is 1.77. The minimum atomic E-state index is -1.08. The zero-order chi connectivity index (χ0) is 19.0. The summed E-state index contributed by atoms with van der Waals surface area (Å²) < 4.78 is 6.78. The average molecular weight is 420 g/mol. The summed E-state index contributed by atoms with van der Waals surface area (Å²) >= 11 is 3.27. The molecule has 0 bridgehead atoms. The zero-order valence-corrected chi connectivity index (χ0v) is 14.6. The lowest BCUT2D eigenvalue weighted by Crippen LogP contribution is -2.30. The van der Waals surface area contributed by atoms with Crippen LogP contribution in [0.5, 0.6) is 0 Å². The van der Waals surface area contributed by atoms with Crippen molar-refractivity contribution in [3.8, 4) is 0 Å². The first-order chi connectivity index (χ1) is 12.3. The van der Waals surface area contributed by atoms with Crippen molar-refractivity contribution in [2.24, 2.45) is 5.73 Å². The molecule has 0 aliphatic rings. The van der Waals surface area contributed by atoms with Gasteiger partial charge in [0.15, 0.2) is 0 Å². The Balaban J connectivity index is 2.22. The van der Waals surface area contributed by atoms with Crippen LogP contribution in [0.1, 0.15) is 15.9 Å². The van der Waals surface area contributed by atoms with Crippen LogP contribution in [-0.4, -0.2) is 15.4 Å². The summed E-state index contributed by atoms with van der Waals surface area (Å²) in [6.07, 6.45) is 0.994. The van der Waals surface area contributed by atoms with Crippen LogP contribution in [-0.2, 0) is 6.54 Å². The Morgan fingerprint density at radius 1 is 1.27 bits per heavy atom. The summed E-state index contributed by atoms with van der Waals surface area (Å²) in [6, 6.07) is 7.00. The minimum absolute atomic E-state index is 0.176. The summed E-state index contributed by atoms with van der Waals surface area (Å²) in [6.45, 7) is -0.176. The molecule has 0 spiro atoms. The SMILES string of the molecule is NC(=O)c1cc([N+](=O)[O-])cn(Cc2cc(=O)oc3cc(Br)ccc23)c1=O. The van der Waals surface area contributed by atoms with Gasteiger partial charge in [0.05, 0.1) is 17.7 Å². The van der Waals surface area contributed by atoms with E-state index in [1.54, 1.807) is 18.2 Å². The van der Waals surface area contributed by atoms with Gasteiger partial charge in [-0.3, -0.25) is 19.7 Å². The molecule has 26 heavy (non-hydrogen) atoms. The number of carbonyl (C=O) groups is 1. The van der Waals surface area contributed by atoms with Crippen LogP contribution >= 0.6 is 15.9 Å². The summed E-state index contributed by atoms with van der Waals surface area (Å²) in [5, 5.41) is 11.6. The van der Waals surface area contributed by atoms with Crippen molar-refractivity contribution in [3.05, 3.63) is 83.0 Å². The number of nitro groups is 1. The highest BCUT2D eigenvalue weighted by atomic mass is 79.9. The lowest BCUT2D eigenvalue weighted by atomic mass is 10.1. The molecule has 0 saturated heterocycles.